The van der Waals surface area contributed by atoms with Gasteiger partial charge in [0.25, 0.3) is 10.0 Å². The normalized spacial score (nSPS) is 13.1. The van der Waals surface area contributed by atoms with Gasteiger partial charge in [-0.15, -0.1) is 11.3 Å². The molecule has 8 heteroatoms. The van der Waals surface area contributed by atoms with Gasteiger partial charge in [-0.05, 0) is 58.4 Å². The van der Waals surface area contributed by atoms with Crippen LogP contribution in [0.15, 0.2) is 32.3 Å². The van der Waals surface area contributed by atoms with Crippen molar-refractivity contribution in [3.8, 4) is 0 Å². The van der Waals surface area contributed by atoms with Crippen LogP contribution in [0.5, 0.6) is 0 Å². The van der Waals surface area contributed by atoms with Gasteiger partial charge in [0.1, 0.15) is 4.21 Å². The summed E-state index contributed by atoms with van der Waals surface area (Å²) in [6.07, 6.45) is -0.225. The number of aliphatic hydroxyl groups is 1. The molecule has 2 rings (SSSR count). The molecule has 0 aliphatic rings. The van der Waals surface area contributed by atoms with E-state index in [2.05, 4.69) is 20.7 Å². The van der Waals surface area contributed by atoms with Crippen molar-refractivity contribution in [3.05, 3.63) is 39.2 Å². The van der Waals surface area contributed by atoms with Gasteiger partial charge in [-0.2, -0.15) is 0 Å². The summed E-state index contributed by atoms with van der Waals surface area (Å²) in [6, 6.07) is 4.91. The third-order valence-electron chi connectivity index (χ3n) is 3.15. The lowest BCUT2D eigenvalue weighted by atomic mass is 10.0. The van der Waals surface area contributed by atoms with Gasteiger partial charge in [-0.3, -0.25) is 4.72 Å². The fourth-order valence-corrected chi connectivity index (χ4v) is 4.60. The maximum Gasteiger partial charge on any atom is 0.271 e. The highest BCUT2D eigenvalue weighted by Crippen LogP contribution is 2.35. The minimum Gasteiger partial charge on any atom is -0.398 e. The second kappa shape index (κ2) is 6.57. The molecule has 120 valence electrons. The Bertz CT molecular complexity index is 772. The number of sulfonamides is 1. The van der Waals surface area contributed by atoms with Gasteiger partial charge >= 0.3 is 0 Å². The highest BCUT2D eigenvalue weighted by atomic mass is 79.9. The Morgan fingerprint density at radius 3 is 2.73 bits per heavy atom. The van der Waals surface area contributed by atoms with Crippen molar-refractivity contribution in [1.29, 1.82) is 0 Å². The summed E-state index contributed by atoms with van der Waals surface area (Å²) in [6.45, 7) is 3.43. The molecule has 0 saturated heterocycles. The molecule has 1 atom stereocenters. The number of nitrogens with two attached hydrogens (primary N) is 1. The van der Waals surface area contributed by atoms with Crippen molar-refractivity contribution in [1.82, 2.24) is 0 Å². The van der Waals surface area contributed by atoms with Gasteiger partial charge in [0, 0.05) is 16.6 Å². The topological polar surface area (TPSA) is 92.4 Å². The van der Waals surface area contributed by atoms with Crippen LogP contribution in [-0.4, -0.2) is 19.6 Å². The Morgan fingerprint density at radius 1 is 1.50 bits per heavy atom. The van der Waals surface area contributed by atoms with Crippen LogP contribution in [0.1, 0.15) is 18.1 Å². The van der Waals surface area contributed by atoms with Crippen LogP contribution in [-0.2, 0) is 16.4 Å². The molecule has 5 nitrogen and oxygen atoms in total. The number of hydrogen-bond donors (Lipinski definition) is 3. The standard InChI is InChI=1S/C14H17BrN2O3S2/c1-8(18)6-10-7-11(9(2)13(15)14(10)16)17-22(19,20)12-4-3-5-21-12/h3-5,7-8,17-18H,6,16H2,1-2H3. The molecule has 0 spiro atoms. The zero-order valence-electron chi connectivity index (χ0n) is 12.1. The Hall–Kier alpha value is -1.09. The summed E-state index contributed by atoms with van der Waals surface area (Å²) in [7, 11) is -3.62. The molecule has 0 aliphatic carbocycles. The number of thiophene rings is 1. The first-order valence-electron chi connectivity index (χ1n) is 6.54. The first kappa shape index (κ1) is 17.3. The number of nitrogens with one attached hydrogen (secondary N) is 1. The number of hydrogen-bond acceptors (Lipinski definition) is 5. The Labute approximate surface area is 142 Å². The molecular formula is C14H17BrN2O3S2. The minimum absolute atomic E-state index is 0.247. The van der Waals surface area contributed by atoms with E-state index in [1.54, 1.807) is 37.4 Å². The molecule has 0 fully saturated rings. The lowest BCUT2D eigenvalue weighted by Crippen LogP contribution is -2.14. The first-order valence-corrected chi connectivity index (χ1v) is 9.69. The van der Waals surface area contributed by atoms with Crippen molar-refractivity contribution in [2.75, 3.05) is 10.5 Å². The van der Waals surface area contributed by atoms with Crippen molar-refractivity contribution >= 4 is 48.7 Å². The number of halogens is 1. The lowest BCUT2D eigenvalue weighted by molar-refractivity contribution is 0.195. The van der Waals surface area contributed by atoms with E-state index in [1.165, 1.54) is 0 Å². The summed E-state index contributed by atoms with van der Waals surface area (Å²) in [5.74, 6) is 0. The van der Waals surface area contributed by atoms with E-state index in [0.29, 0.717) is 33.4 Å². The van der Waals surface area contributed by atoms with Gasteiger partial charge in [-0.25, -0.2) is 8.42 Å². The largest absolute Gasteiger partial charge is 0.398 e. The Morgan fingerprint density at radius 2 is 2.18 bits per heavy atom. The Balaban J connectivity index is 2.45. The number of anilines is 2. The molecule has 4 N–H and O–H groups in total. The van der Waals surface area contributed by atoms with Gasteiger partial charge in [0.2, 0.25) is 0 Å². The van der Waals surface area contributed by atoms with Gasteiger partial charge < -0.3 is 10.8 Å². The average Bonchev–Trinajstić information content (AvgIpc) is 2.96. The zero-order valence-corrected chi connectivity index (χ0v) is 15.3. The maximum atomic E-state index is 12.3. The van der Waals surface area contributed by atoms with E-state index >= 15 is 0 Å². The second-order valence-corrected chi connectivity index (χ2v) is 8.68. The second-order valence-electron chi connectivity index (χ2n) is 5.03. The van der Waals surface area contributed by atoms with Crippen molar-refractivity contribution in [2.24, 2.45) is 0 Å². The SMILES string of the molecule is Cc1c(NS(=O)(=O)c2cccs2)cc(CC(C)O)c(N)c1Br. The third-order valence-corrected chi connectivity index (χ3v) is 6.94. The molecule has 0 saturated carbocycles. The van der Waals surface area contributed by atoms with E-state index in [0.717, 1.165) is 11.3 Å². The molecule has 0 radical (unpaired) electrons. The van der Waals surface area contributed by atoms with Crippen molar-refractivity contribution < 1.29 is 13.5 Å². The molecule has 0 aliphatic heterocycles. The third kappa shape index (κ3) is 3.62. The average molecular weight is 405 g/mol. The quantitative estimate of drug-likeness (QED) is 0.667. The van der Waals surface area contributed by atoms with E-state index in [4.69, 9.17) is 5.73 Å². The van der Waals surface area contributed by atoms with Gasteiger partial charge in [-0.1, -0.05) is 6.07 Å². The fraction of sp³-hybridized carbons (Fsp3) is 0.286. The molecule has 0 bridgehead atoms. The summed E-state index contributed by atoms with van der Waals surface area (Å²) >= 11 is 4.54. The predicted molar refractivity (Wildman–Crippen MR) is 93.8 cm³/mol. The highest BCUT2D eigenvalue weighted by Gasteiger charge is 2.19. The van der Waals surface area contributed by atoms with Crippen LogP contribution in [0.4, 0.5) is 11.4 Å². The molecule has 1 aromatic carbocycles. The van der Waals surface area contributed by atoms with Crippen LogP contribution in [0, 0.1) is 6.92 Å². The highest BCUT2D eigenvalue weighted by molar-refractivity contribution is 9.10. The summed E-state index contributed by atoms with van der Waals surface area (Å²) < 4.78 is 28.2. The summed E-state index contributed by atoms with van der Waals surface area (Å²) in [4.78, 5) is 0. The van der Waals surface area contributed by atoms with E-state index in [-0.39, 0.29) is 4.21 Å². The van der Waals surface area contributed by atoms with Crippen LogP contribution >= 0.6 is 27.3 Å². The summed E-state index contributed by atoms with van der Waals surface area (Å²) in [5.41, 5.74) is 8.38. The molecule has 1 aromatic heterocycles. The van der Waals surface area contributed by atoms with Crippen molar-refractivity contribution in [2.45, 2.75) is 30.6 Å². The number of rotatable bonds is 5. The number of nitrogen functional groups attached to an aromatic ring is 1. The van der Waals surface area contributed by atoms with Crippen LogP contribution in [0.2, 0.25) is 0 Å². The van der Waals surface area contributed by atoms with E-state index in [1.807, 2.05) is 0 Å². The Kier molecular flexibility index (Phi) is 5.16. The van der Waals surface area contributed by atoms with Crippen LogP contribution < -0.4 is 10.5 Å². The van der Waals surface area contributed by atoms with Gasteiger partial charge in [0.15, 0.2) is 0 Å². The molecule has 0 amide bonds. The maximum absolute atomic E-state index is 12.3. The number of aliphatic hydroxyl groups excluding tert-OH is 1. The van der Waals surface area contributed by atoms with Crippen LogP contribution in [0.25, 0.3) is 0 Å². The van der Waals surface area contributed by atoms with E-state index in [9.17, 15) is 13.5 Å². The monoisotopic (exact) mass is 404 g/mol. The lowest BCUT2D eigenvalue weighted by Gasteiger charge is -2.17. The molecule has 2 aromatic rings. The fourth-order valence-electron chi connectivity index (χ4n) is 2.03. The minimum atomic E-state index is -3.62. The van der Waals surface area contributed by atoms with E-state index < -0.39 is 16.1 Å². The molecular weight excluding hydrogens is 388 g/mol. The first-order chi connectivity index (χ1) is 10.2. The van der Waals surface area contributed by atoms with Gasteiger partial charge in [0.05, 0.1) is 11.8 Å². The predicted octanol–water partition coefficient (Wildman–Crippen LogP) is 3.13. The molecule has 1 unspecified atom stereocenters. The summed E-state index contributed by atoms with van der Waals surface area (Å²) in [5, 5.41) is 11.3. The molecule has 1 heterocycles. The van der Waals surface area contributed by atoms with Crippen LogP contribution in [0.3, 0.4) is 0 Å². The number of benzene rings is 1. The smallest absolute Gasteiger partial charge is 0.271 e. The molecule has 22 heavy (non-hydrogen) atoms. The van der Waals surface area contributed by atoms with Crippen molar-refractivity contribution in [3.63, 3.8) is 0 Å². The zero-order chi connectivity index (χ0) is 16.5.